The van der Waals surface area contributed by atoms with Crippen molar-refractivity contribution in [2.75, 3.05) is 0 Å². The highest BCUT2D eigenvalue weighted by atomic mass is 16.6. The largest absolute Gasteiger partial charge is 0.460 e. The van der Waals surface area contributed by atoms with E-state index in [0.29, 0.717) is 5.92 Å². The molecule has 2 heteroatoms. The highest BCUT2D eigenvalue weighted by Gasteiger charge is 2.46. The maximum atomic E-state index is 11.8. The summed E-state index contributed by atoms with van der Waals surface area (Å²) in [6.07, 6.45) is 0.929. The van der Waals surface area contributed by atoms with Crippen LogP contribution >= 0.6 is 0 Å². The van der Waals surface area contributed by atoms with Crippen molar-refractivity contribution in [2.24, 2.45) is 5.92 Å². The summed E-state index contributed by atoms with van der Waals surface area (Å²) in [5.41, 5.74) is 0.874. The van der Waals surface area contributed by atoms with E-state index in [9.17, 15) is 4.79 Å². The second-order valence-corrected chi connectivity index (χ2v) is 5.39. The summed E-state index contributed by atoms with van der Waals surface area (Å²) in [5.74, 6) is 0.388. The third-order valence-electron chi connectivity index (χ3n) is 2.73. The number of rotatable bonds is 2. The van der Waals surface area contributed by atoms with Gasteiger partial charge in [-0.05, 0) is 38.7 Å². The van der Waals surface area contributed by atoms with E-state index in [0.717, 1.165) is 6.42 Å². The topological polar surface area (TPSA) is 26.3 Å². The number of carbonyl (C=O) groups excluding carboxylic acids is 1. The molecule has 0 radical (unpaired) electrons. The lowest BCUT2D eigenvalue weighted by molar-refractivity contribution is -0.156. The van der Waals surface area contributed by atoms with Crippen molar-refractivity contribution >= 4 is 5.97 Å². The van der Waals surface area contributed by atoms with Gasteiger partial charge in [-0.1, -0.05) is 30.3 Å². The lowest BCUT2D eigenvalue weighted by Gasteiger charge is -2.19. The normalized spacial score (nSPS) is 23.9. The van der Waals surface area contributed by atoms with Crippen molar-refractivity contribution in [2.45, 2.75) is 38.7 Å². The van der Waals surface area contributed by atoms with Crippen LogP contribution in [-0.4, -0.2) is 11.6 Å². The third kappa shape index (κ3) is 2.63. The molecule has 2 rings (SSSR count). The Labute approximate surface area is 96.6 Å². The van der Waals surface area contributed by atoms with Crippen LogP contribution in [0.25, 0.3) is 0 Å². The molecule has 1 aromatic carbocycles. The molecule has 2 atom stereocenters. The van der Waals surface area contributed by atoms with Gasteiger partial charge in [-0.25, -0.2) is 0 Å². The molecular weight excluding hydrogens is 200 g/mol. The van der Waals surface area contributed by atoms with E-state index in [4.69, 9.17) is 4.74 Å². The number of carbonyl (C=O) groups is 1. The molecule has 0 heterocycles. The molecule has 0 aliphatic heterocycles. The fourth-order valence-corrected chi connectivity index (χ4v) is 1.90. The van der Waals surface area contributed by atoms with E-state index in [2.05, 4.69) is 12.1 Å². The van der Waals surface area contributed by atoms with E-state index < -0.39 is 0 Å². The Morgan fingerprint density at radius 2 is 1.88 bits per heavy atom. The molecule has 0 amide bonds. The van der Waals surface area contributed by atoms with Crippen LogP contribution in [0.15, 0.2) is 30.3 Å². The van der Waals surface area contributed by atoms with Crippen molar-refractivity contribution in [3.05, 3.63) is 35.9 Å². The Balaban J connectivity index is 1.95. The molecule has 86 valence electrons. The molecule has 1 saturated carbocycles. The highest BCUT2D eigenvalue weighted by molar-refractivity contribution is 5.77. The maximum Gasteiger partial charge on any atom is 0.310 e. The van der Waals surface area contributed by atoms with Gasteiger partial charge in [-0.3, -0.25) is 4.79 Å². The molecule has 1 aliphatic carbocycles. The standard InChI is InChI=1S/C14H18O2/c1-14(2,3)16-13(15)12-9-11(12)10-7-5-4-6-8-10/h4-8,11-12H,9H2,1-3H3/t11-,12+/m0/s1. The Kier molecular flexibility index (Phi) is 2.75. The monoisotopic (exact) mass is 218 g/mol. The first-order valence-electron chi connectivity index (χ1n) is 5.75. The lowest BCUT2D eigenvalue weighted by atomic mass is 10.1. The molecule has 2 nitrogen and oxygen atoms in total. The number of benzene rings is 1. The molecule has 0 unspecified atom stereocenters. The number of ether oxygens (including phenoxy) is 1. The van der Waals surface area contributed by atoms with E-state index in [1.165, 1.54) is 5.56 Å². The van der Waals surface area contributed by atoms with Crippen LogP contribution in [-0.2, 0) is 9.53 Å². The fourth-order valence-electron chi connectivity index (χ4n) is 1.90. The number of hydrogen-bond acceptors (Lipinski definition) is 2. The minimum atomic E-state index is -0.374. The Morgan fingerprint density at radius 1 is 1.25 bits per heavy atom. The van der Waals surface area contributed by atoms with E-state index in [-0.39, 0.29) is 17.5 Å². The predicted octanol–water partition coefficient (Wildman–Crippen LogP) is 3.13. The minimum absolute atomic E-state index is 0.0543. The van der Waals surface area contributed by atoms with E-state index in [1.807, 2.05) is 39.0 Å². The van der Waals surface area contributed by atoms with Crippen LogP contribution in [0.2, 0.25) is 0 Å². The SMILES string of the molecule is CC(C)(C)OC(=O)[C@@H]1C[C@H]1c1ccccc1. The van der Waals surface area contributed by atoms with Crippen molar-refractivity contribution in [1.82, 2.24) is 0 Å². The molecule has 0 saturated heterocycles. The predicted molar refractivity (Wildman–Crippen MR) is 63.1 cm³/mol. The molecule has 0 N–H and O–H groups in total. The van der Waals surface area contributed by atoms with Crippen molar-refractivity contribution in [1.29, 1.82) is 0 Å². The molecule has 1 aliphatic rings. The minimum Gasteiger partial charge on any atom is -0.460 e. The Bertz CT molecular complexity index is 375. The summed E-state index contributed by atoms with van der Waals surface area (Å²) in [6.45, 7) is 5.72. The van der Waals surface area contributed by atoms with Gasteiger partial charge in [0.1, 0.15) is 5.60 Å². The molecule has 16 heavy (non-hydrogen) atoms. The fraction of sp³-hybridized carbons (Fsp3) is 0.500. The summed E-state index contributed by atoms with van der Waals surface area (Å²) in [5, 5.41) is 0. The first-order chi connectivity index (χ1) is 7.47. The van der Waals surface area contributed by atoms with Gasteiger partial charge in [0, 0.05) is 0 Å². The van der Waals surface area contributed by atoms with Crippen LogP contribution in [0, 0.1) is 5.92 Å². The summed E-state index contributed by atoms with van der Waals surface area (Å²) in [4.78, 5) is 11.8. The Hall–Kier alpha value is -1.31. The lowest BCUT2D eigenvalue weighted by Crippen LogP contribution is -2.25. The van der Waals surface area contributed by atoms with Gasteiger partial charge in [0.05, 0.1) is 5.92 Å². The van der Waals surface area contributed by atoms with Crippen molar-refractivity contribution < 1.29 is 9.53 Å². The molecule has 1 fully saturated rings. The third-order valence-corrected chi connectivity index (χ3v) is 2.73. The van der Waals surface area contributed by atoms with Gasteiger partial charge in [0.2, 0.25) is 0 Å². The average molecular weight is 218 g/mol. The van der Waals surface area contributed by atoms with Gasteiger partial charge >= 0.3 is 5.97 Å². The maximum absolute atomic E-state index is 11.8. The first-order valence-corrected chi connectivity index (χ1v) is 5.75. The van der Waals surface area contributed by atoms with Crippen LogP contribution in [0.4, 0.5) is 0 Å². The number of esters is 1. The average Bonchev–Trinajstić information content (AvgIpc) is 2.96. The first kappa shape index (κ1) is 11.2. The van der Waals surface area contributed by atoms with Gasteiger partial charge in [0.25, 0.3) is 0 Å². The summed E-state index contributed by atoms with van der Waals surface area (Å²) in [6, 6.07) is 10.2. The highest BCUT2D eigenvalue weighted by Crippen LogP contribution is 2.48. The quantitative estimate of drug-likeness (QED) is 0.713. The summed E-state index contributed by atoms with van der Waals surface area (Å²) < 4.78 is 5.37. The van der Waals surface area contributed by atoms with Crippen LogP contribution in [0.3, 0.4) is 0 Å². The molecule has 0 spiro atoms. The van der Waals surface area contributed by atoms with Crippen LogP contribution in [0.5, 0.6) is 0 Å². The zero-order chi connectivity index (χ0) is 11.8. The second-order valence-electron chi connectivity index (χ2n) is 5.39. The van der Waals surface area contributed by atoms with Gasteiger partial charge < -0.3 is 4.74 Å². The van der Waals surface area contributed by atoms with Gasteiger partial charge in [-0.2, -0.15) is 0 Å². The summed E-state index contributed by atoms with van der Waals surface area (Å²) in [7, 11) is 0. The summed E-state index contributed by atoms with van der Waals surface area (Å²) >= 11 is 0. The molecule has 0 bridgehead atoms. The van der Waals surface area contributed by atoms with Crippen LogP contribution in [0.1, 0.15) is 38.7 Å². The zero-order valence-electron chi connectivity index (χ0n) is 10.1. The molecular formula is C14H18O2. The smallest absolute Gasteiger partial charge is 0.310 e. The van der Waals surface area contributed by atoms with Gasteiger partial charge in [0.15, 0.2) is 0 Å². The number of hydrogen-bond donors (Lipinski definition) is 0. The van der Waals surface area contributed by atoms with E-state index >= 15 is 0 Å². The van der Waals surface area contributed by atoms with Gasteiger partial charge in [-0.15, -0.1) is 0 Å². The van der Waals surface area contributed by atoms with E-state index in [1.54, 1.807) is 0 Å². The zero-order valence-corrected chi connectivity index (χ0v) is 10.1. The molecule has 0 aromatic heterocycles. The van der Waals surface area contributed by atoms with Crippen molar-refractivity contribution in [3.63, 3.8) is 0 Å². The second kappa shape index (κ2) is 3.93. The van der Waals surface area contributed by atoms with Crippen LogP contribution < -0.4 is 0 Å². The Morgan fingerprint density at radius 3 is 2.44 bits per heavy atom. The molecule has 1 aromatic rings. The van der Waals surface area contributed by atoms with Crippen molar-refractivity contribution in [3.8, 4) is 0 Å².